The lowest BCUT2D eigenvalue weighted by Crippen LogP contribution is -2.25. The van der Waals surface area contributed by atoms with E-state index >= 15 is 0 Å². The van der Waals surface area contributed by atoms with Crippen molar-refractivity contribution in [2.75, 3.05) is 6.54 Å². The minimum absolute atomic E-state index is 0.0270. The average molecular weight is 228 g/mol. The molecule has 0 unspecified atom stereocenters. The molecule has 1 aliphatic heterocycles. The maximum Gasteiger partial charge on any atom is 0.278 e. The van der Waals surface area contributed by atoms with Crippen LogP contribution in [0.5, 0.6) is 0 Å². The number of allylic oxidation sites excluding steroid dienone is 2. The van der Waals surface area contributed by atoms with Gasteiger partial charge < -0.3 is 5.32 Å². The SMILES string of the molecule is CC=NC1=C(CCCC)CNC(C(F)F)=C1. The number of unbranched alkanes of at least 4 members (excludes halogenated alkanes) is 1. The van der Waals surface area contributed by atoms with Crippen molar-refractivity contribution < 1.29 is 8.78 Å². The molecule has 0 amide bonds. The van der Waals surface area contributed by atoms with Crippen LogP contribution in [0.4, 0.5) is 8.78 Å². The predicted octanol–water partition coefficient (Wildman–Crippen LogP) is 3.27. The highest BCUT2D eigenvalue weighted by Gasteiger charge is 2.17. The number of alkyl halides is 2. The van der Waals surface area contributed by atoms with Gasteiger partial charge in [0.2, 0.25) is 0 Å². The van der Waals surface area contributed by atoms with Gasteiger partial charge >= 0.3 is 0 Å². The minimum Gasteiger partial charge on any atom is -0.380 e. The maximum absolute atomic E-state index is 12.5. The number of halogens is 2. The Hall–Kier alpha value is -1.19. The van der Waals surface area contributed by atoms with Gasteiger partial charge in [0.25, 0.3) is 6.43 Å². The second-order valence-corrected chi connectivity index (χ2v) is 3.73. The van der Waals surface area contributed by atoms with Gasteiger partial charge in [-0.05, 0) is 31.4 Å². The summed E-state index contributed by atoms with van der Waals surface area (Å²) in [4.78, 5) is 4.16. The van der Waals surface area contributed by atoms with Crippen LogP contribution in [0.1, 0.15) is 33.1 Å². The third-order valence-corrected chi connectivity index (χ3v) is 2.50. The number of hydrogen-bond acceptors (Lipinski definition) is 2. The summed E-state index contributed by atoms with van der Waals surface area (Å²) in [5.74, 6) is 0. The van der Waals surface area contributed by atoms with E-state index in [1.54, 1.807) is 13.1 Å². The molecule has 0 aromatic carbocycles. The minimum atomic E-state index is -2.45. The van der Waals surface area contributed by atoms with Crippen molar-refractivity contribution in [2.24, 2.45) is 4.99 Å². The Balaban J connectivity index is 2.86. The molecule has 1 aliphatic rings. The zero-order valence-electron chi connectivity index (χ0n) is 9.76. The van der Waals surface area contributed by atoms with E-state index < -0.39 is 6.43 Å². The largest absolute Gasteiger partial charge is 0.380 e. The van der Waals surface area contributed by atoms with Crippen LogP contribution in [0.15, 0.2) is 28.0 Å². The number of aliphatic imine (C=N–C) groups is 1. The lowest BCUT2D eigenvalue weighted by molar-refractivity contribution is 0.180. The molecule has 1 heterocycles. The Bertz CT molecular complexity index is 317. The van der Waals surface area contributed by atoms with Crippen molar-refractivity contribution >= 4 is 6.21 Å². The van der Waals surface area contributed by atoms with Crippen molar-refractivity contribution in [1.82, 2.24) is 5.32 Å². The number of rotatable bonds is 5. The van der Waals surface area contributed by atoms with E-state index in [0.717, 1.165) is 24.8 Å². The lowest BCUT2D eigenvalue weighted by Gasteiger charge is -2.19. The van der Waals surface area contributed by atoms with Gasteiger partial charge in [0.1, 0.15) is 0 Å². The van der Waals surface area contributed by atoms with Gasteiger partial charge in [0.05, 0.1) is 11.4 Å². The van der Waals surface area contributed by atoms with Gasteiger partial charge in [-0.25, -0.2) is 8.78 Å². The number of nitrogens with zero attached hydrogens (tertiary/aromatic N) is 1. The average Bonchev–Trinajstić information content (AvgIpc) is 2.27. The highest BCUT2D eigenvalue weighted by molar-refractivity contribution is 5.57. The first-order valence-electron chi connectivity index (χ1n) is 5.63. The van der Waals surface area contributed by atoms with Crippen LogP contribution >= 0.6 is 0 Å². The third-order valence-electron chi connectivity index (χ3n) is 2.50. The van der Waals surface area contributed by atoms with Gasteiger partial charge in [-0.15, -0.1) is 0 Å². The Labute approximate surface area is 95.1 Å². The van der Waals surface area contributed by atoms with Crippen molar-refractivity contribution in [1.29, 1.82) is 0 Å². The van der Waals surface area contributed by atoms with Crippen LogP contribution in [-0.4, -0.2) is 19.2 Å². The van der Waals surface area contributed by atoms with Gasteiger partial charge in [0, 0.05) is 12.8 Å². The molecule has 0 aromatic rings. The summed E-state index contributed by atoms with van der Waals surface area (Å²) in [7, 11) is 0. The topological polar surface area (TPSA) is 24.4 Å². The second-order valence-electron chi connectivity index (χ2n) is 3.73. The van der Waals surface area contributed by atoms with Crippen LogP contribution in [0.2, 0.25) is 0 Å². The van der Waals surface area contributed by atoms with Gasteiger partial charge in [0.15, 0.2) is 0 Å². The number of hydrogen-bond donors (Lipinski definition) is 1. The van der Waals surface area contributed by atoms with Crippen LogP contribution < -0.4 is 5.32 Å². The van der Waals surface area contributed by atoms with Crippen molar-refractivity contribution in [3.05, 3.63) is 23.0 Å². The normalized spacial score (nSPS) is 16.9. The smallest absolute Gasteiger partial charge is 0.278 e. The Morgan fingerprint density at radius 3 is 2.88 bits per heavy atom. The van der Waals surface area contributed by atoms with Crippen molar-refractivity contribution in [3.63, 3.8) is 0 Å². The molecule has 1 rings (SSSR count). The molecule has 0 saturated heterocycles. The lowest BCUT2D eigenvalue weighted by atomic mass is 10.0. The van der Waals surface area contributed by atoms with Crippen LogP contribution in [0.25, 0.3) is 0 Å². The fourth-order valence-electron chi connectivity index (χ4n) is 1.61. The third kappa shape index (κ3) is 3.43. The first kappa shape index (κ1) is 12.9. The highest BCUT2D eigenvalue weighted by atomic mass is 19.3. The van der Waals surface area contributed by atoms with E-state index in [-0.39, 0.29) is 5.70 Å². The monoisotopic (exact) mass is 228 g/mol. The Morgan fingerprint density at radius 1 is 1.56 bits per heavy atom. The van der Waals surface area contributed by atoms with Gasteiger partial charge in [-0.1, -0.05) is 13.3 Å². The van der Waals surface area contributed by atoms with Crippen LogP contribution in [0, 0.1) is 0 Å². The maximum atomic E-state index is 12.5. The summed E-state index contributed by atoms with van der Waals surface area (Å²) in [6.07, 6.45) is 3.74. The molecule has 0 aromatic heterocycles. The second kappa shape index (κ2) is 6.40. The summed E-state index contributed by atoms with van der Waals surface area (Å²) < 4.78 is 25.0. The van der Waals surface area contributed by atoms with E-state index in [2.05, 4.69) is 17.2 Å². The molecular weight excluding hydrogens is 210 g/mol. The molecular formula is C12H18F2N2. The summed E-state index contributed by atoms with van der Waals surface area (Å²) in [5, 5.41) is 2.75. The van der Waals surface area contributed by atoms with E-state index in [1.807, 2.05) is 0 Å². The molecule has 0 bridgehead atoms. The van der Waals surface area contributed by atoms with Gasteiger partial charge in [-0.3, -0.25) is 4.99 Å². The predicted molar refractivity (Wildman–Crippen MR) is 62.8 cm³/mol. The zero-order valence-corrected chi connectivity index (χ0v) is 9.76. The Kier molecular flexibility index (Phi) is 5.15. The number of dihydropyridines is 1. The molecule has 90 valence electrons. The highest BCUT2D eigenvalue weighted by Crippen LogP contribution is 2.21. The fourth-order valence-corrected chi connectivity index (χ4v) is 1.61. The summed E-state index contributed by atoms with van der Waals surface area (Å²) >= 11 is 0. The molecule has 2 nitrogen and oxygen atoms in total. The van der Waals surface area contributed by atoms with E-state index in [4.69, 9.17) is 0 Å². The first-order chi connectivity index (χ1) is 7.69. The Morgan fingerprint density at radius 2 is 2.31 bits per heavy atom. The molecule has 4 heteroatoms. The molecule has 0 spiro atoms. The van der Waals surface area contributed by atoms with Gasteiger partial charge in [-0.2, -0.15) is 0 Å². The molecule has 0 atom stereocenters. The standard InChI is InChI=1S/C12H18F2N2/c1-3-5-6-9-8-16-11(12(13)14)7-10(9)15-4-2/h4,7,12,16H,3,5-6,8H2,1-2H3. The van der Waals surface area contributed by atoms with Crippen molar-refractivity contribution in [2.45, 2.75) is 39.5 Å². The molecule has 0 saturated carbocycles. The summed E-state index contributed by atoms with van der Waals surface area (Å²) in [5.41, 5.74) is 1.79. The van der Waals surface area contributed by atoms with E-state index in [0.29, 0.717) is 12.2 Å². The summed E-state index contributed by atoms with van der Waals surface area (Å²) in [6.45, 7) is 4.39. The molecule has 0 fully saturated rings. The molecule has 16 heavy (non-hydrogen) atoms. The zero-order chi connectivity index (χ0) is 12.0. The molecule has 1 N–H and O–H groups in total. The quantitative estimate of drug-likeness (QED) is 0.717. The number of nitrogens with one attached hydrogen (secondary N) is 1. The molecule has 0 aliphatic carbocycles. The first-order valence-corrected chi connectivity index (χ1v) is 5.63. The molecule has 0 radical (unpaired) electrons. The summed E-state index contributed by atoms with van der Waals surface area (Å²) in [6, 6.07) is 0. The van der Waals surface area contributed by atoms with Crippen LogP contribution in [0.3, 0.4) is 0 Å². The fraction of sp³-hybridized carbons (Fsp3) is 0.583. The van der Waals surface area contributed by atoms with E-state index in [9.17, 15) is 8.78 Å². The van der Waals surface area contributed by atoms with E-state index in [1.165, 1.54) is 6.08 Å². The van der Waals surface area contributed by atoms with Crippen LogP contribution in [-0.2, 0) is 0 Å². The van der Waals surface area contributed by atoms with Crippen molar-refractivity contribution in [3.8, 4) is 0 Å².